The lowest BCUT2D eigenvalue weighted by molar-refractivity contribution is 0.0662. The van der Waals surface area contributed by atoms with E-state index in [-0.39, 0.29) is 5.91 Å². The van der Waals surface area contributed by atoms with Crippen molar-refractivity contribution in [3.05, 3.63) is 66.4 Å². The highest BCUT2D eigenvalue weighted by atomic mass is 16.2. The second-order valence-electron chi connectivity index (χ2n) is 7.49. The molecule has 1 fully saturated rings. The van der Waals surface area contributed by atoms with Gasteiger partial charge in [0, 0.05) is 48.8 Å². The van der Waals surface area contributed by atoms with Crippen LogP contribution in [0, 0.1) is 12.8 Å². The fourth-order valence-corrected chi connectivity index (χ4v) is 3.91. The number of nitrogens with zero attached hydrogens (tertiary/aromatic N) is 4. The molecule has 1 aliphatic heterocycles. The topological polar surface area (TPSA) is 77.0 Å². The lowest BCUT2D eigenvalue weighted by Gasteiger charge is -2.33. The Labute approximate surface area is 165 Å². The van der Waals surface area contributed by atoms with Crippen molar-refractivity contribution in [2.24, 2.45) is 5.92 Å². The normalized spacial score (nSPS) is 16.9. The number of hydrogen-bond donors (Lipinski definition) is 1. The van der Waals surface area contributed by atoms with Gasteiger partial charge in [0.25, 0.3) is 5.91 Å². The van der Waals surface area contributed by atoms with E-state index >= 15 is 0 Å². The van der Waals surface area contributed by atoms with Crippen molar-refractivity contribution in [2.45, 2.75) is 26.3 Å². The second kappa shape index (κ2) is 7.84. The first kappa shape index (κ1) is 18.2. The average molecular weight is 375 g/mol. The van der Waals surface area contributed by atoms with Crippen LogP contribution >= 0.6 is 0 Å². The van der Waals surface area contributed by atoms with Crippen molar-refractivity contribution in [1.82, 2.24) is 19.4 Å². The van der Waals surface area contributed by atoms with Gasteiger partial charge < -0.3 is 15.2 Å². The first-order valence-electron chi connectivity index (χ1n) is 9.69. The molecule has 1 amide bonds. The van der Waals surface area contributed by atoms with Crippen molar-refractivity contribution in [3.63, 3.8) is 0 Å². The first-order chi connectivity index (χ1) is 13.6. The lowest BCUT2D eigenvalue weighted by atomic mass is 9.96. The van der Waals surface area contributed by atoms with Gasteiger partial charge in [-0.05, 0) is 55.5 Å². The average Bonchev–Trinajstić information content (AvgIpc) is 3.21. The van der Waals surface area contributed by atoms with Gasteiger partial charge in [-0.15, -0.1) is 0 Å². The highest BCUT2D eigenvalue weighted by Crippen LogP contribution is 2.27. The Balaban J connectivity index is 1.51. The van der Waals surface area contributed by atoms with Crippen LogP contribution in [0.3, 0.4) is 0 Å². The minimum Gasteiger partial charge on any atom is -0.383 e. The van der Waals surface area contributed by atoms with Gasteiger partial charge in [0.15, 0.2) is 0 Å². The van der Waals surface area contributed by atoms with Gasteiger partial charge >= 0.3 is 0 Å². The molecule has 0 radical (unpaired) electrons. The number of anilines is 1. The first-order valence-corrected chi connectivity index (χ1v) is 9.69. The molecular formula is C22H25N5O. The van der Waals surface area contributed by atoms with Gasteiger partial charge in [-0.1, -0.05) is 12.1 Å². The van der Waals surface area contributed by atoms with Crippen LogP contribution in [0.1, 0.15) is 28.9 Å². The van der Waals surface area contributed by atoms with E-state index in [9.17, 15) is 4.79 Å². The number of aryl methyl sites for hydroxylation is 1. The maximum Gasteiger partial charge on any atom is 0.253 e. The molecule has 3 heterocycles. The van der Waals surface area contributed by atoms with Gasteiger partial charge in [-0.25, -0.2) is 9.97 Å². The van der Waals surface area contributed by atoms with Crippen LogP contribution in [-0.4, -0.2) is 38.4 Å². The number of carbonyl (C=O) groups is 1. The van der Waals surface area contributed by atoms with Crippen LogP contribution < -0.4 is 5.73 Å². The fourth-order valence-electron chi connectivity index (χ4n) is 3.91. The zero-order valence-corrected chi connectivity index (χ0v) is 16.1. The van der Waals surface area contributed by atoms with Crippen molar-refractivity contribution in [2.75, 3.05) is 18.8 Å². The molecule has 1 saturated heterocycles. The number of nitrogens with two attached hydrogens (primary N) is 1. The number of nitrogen functional groups attached to an aromatic ring is 1. The third kappa shape index (κ3) is 3.91. The Hall–Kier alpha value is -3.15. The summed E-state index contributed by atoms with van der Waals surface area (Å²) in [5.41, 5.74) is 9.44. The fraction of sp³-hybridized carbons (Fsp3) is 0.318. The second-order valence-corrected chi connectivity index (χ2v) is 7.49. The summed E-state index contributed by atoms with van der Waals surface area (Å²) in [6.07, 6.45) is 7.77. The van der Waals surface area contributed by atoms with E-state index in [1.807, 2.05) is 60.7 Å². The number of piperidine rings is 1. The third-order valence-electron chi connectivity index (χ3n) is 5.32. The predicted octanol–water partition coefficient (Wildman–Crippen LogP) is 3.39. The molecule has 0 spiro atoms. The lowest BCUT2D eigenvalue weighted by Crippen LogP contribution is -2.41. The predicted molar refractivity (Wildman–Crippen MR) is 110 cm³/mol. The number of hydrogen-bond acceptors (Lipinski definition) is 4. The third-order valence-corrected chi connectivity index (χ3v) is 5.32. The maximum absolute atomic E-state index is 13.1. The molecule has 0 unspecified atom stereocenters. The van der Waals surface area contributed by atoms with E-state index in [0.29, 0.717) is 17.3 Å². The molecule has 1 atom stereocenters. The molecule has 2 aromatic heterocycles. The minimum absolute atomic E-state index is 0.0795. The molecule has 3 aromatic rings. The highest BCUT2D eigenvalue weighted by molar-refractivity contribution is 5.96. The maximum atomic E-state index is 13.1. The summed E-state index contributed by atoms with van der Waals surface area (Å²) in [6.45, 7) is 4.39. The molecule has 6 heteroatoms. The quantitative estimate of drug-likeness (QED) is 0.758. The van der Waals surface area contributed by atoms with E-state index in [4.69, 9.17) is 5.73 Å². The standard InChI is InChI=1S/C22H25N5O/c1-16-7-8-20(21(23)25-16)18-5-2-6-19(12-18)22(28)27-10-3-4-17(14-27)13-26-11-9-24-15-26/h2,5-9,11-12,15,17H,3-4,10,13-14H2,1H3,(H2,23,25)/t17-/m1/s1. The number of aromatic nitrogens is 3. The largest absolute Gasteiger partial charge is 0.383 e. The zero-order valence-electron chi connectivity index (χ0n) is 16.1. The Morgan fingerprint density at radius 1 is 1.29 bits per heavy atom. The summed E-state index contributed by atoms with van der Waals surface area (Å²) in [7, 11) is 0. The van der Waals surface area contributed by atoms with Gasteiger partial charge in [0.2, 0.25) is 0 Å². The van der Waals surface area contributed by atoms with E-state index in [0.717, 1.165) is 49.3 Å². The molecule has 0 aliphatic carbocycles. The summed E-state index contributed by atoms with van der Waals surface area (Å²) in [4.78, 5) is 23.5. The molecule has 1 aliphatic rings. The van der Waals surface area contributed by atoms with E-state index < -0.39 is 0 Å². The number of benzene rings is 1. The molecule has 0 saturated carbocycles. The number of pyridine rings is 1. The van der Waals surface area contributed by atoms with Crippen LogP contribution in [0.4, 0.5) is 5.82 Å². The van der Waals surface area contributed by atoms with Gasteiger partial charge in [-0.3, -0.25) is 4.79 Å². The molecule has 0 bridgehead atoms. The van der Waals surface area contributed by atoms with Gasteiger partial charge in [0.1, 0.15) is 5.82 Å². The van der Waals surface area contributed by atoms with Gasteiger partial charge in [0.05, 0.1) is 6.33 Å². The number of rotatable bonds is 4. The van der Waals surface area contributed by atoms with Crippen LogP contribution in [0.15, 0.2) is 55.1 Å². The monoisotopic (exact) mass is 375 g/mol. The number of carbonyl (C=O) groups excluding carboxylic acids is 1. The molecule has 144 valence electrons. The molecule has 28 heavy (non-hydrogen) atoms. The number of amides is 1. The molecule has 6 nitrogen and oxygen atoms in total. The van der Waals surface area contributed by atoms with Crippen LogP contribution in [0.25, 0.3) is 11.1 Å². The van der Waals surface area contributed by atoms with Crippen molar-refractivity contribution >= 4 is 11.7 Å². The molecule has 2 N–H and O–H groups in total. The smallest absolute Gasteiger partial charge is 0.253 e. The van der Waals surface area contributed by atoms with Crippen molar-refractivity contribution in [1.29, 1.82) is 0 Å². The van der Waals surface area contributed by atoms with Crippen molar-refractivity contribution in [3.8, 4) is 11.1 Å². The van der Waals surface area contributed by atoms with E-state index in [1.165, 1.54) is 0 Å². The van der Waals surface area contributed by atoms with Crippen molar-refractivity contribution < 1.29 is 4.79 Å². The summed E-state index contributed by atoms with van der Waals surface area (Å²) < 4.78 is 2.09. The zero-order chi connectivity index (χ0) is 19.5. The molecular weight excluding hydrogens is 350 g/mol. The van der Waals surface area contributed by atoms with Crippen LogP contribution in [0.2, 0.25) is 0 Å². The molecule has 4 rings (SSSR count). The number of imidazole rings is 1. The Morgan fingerprint density at radius 3 is 2.96 bits per heavy atom. The van der Waals surface area contributed by atoms with Crippen LogP contribution in [0.5, 0.6) is 0 Å². The summed E-state index contributed by atoms with van der Waals surface area (Å²) in [5.74, 6) is 1.02. The Kier molecular flexibility index (Phi) is 5.10. The Morgan fingerprint density at radius 2 is 2.18 bits per heavy atom. The summed E-state index contributed by atoms with van der Waals surface area (Å²) in [6, 6.07) is 11.6. The van der Waals surface area contributed by atoms with Gasteiger partial charge in [-0.2, -0.15) is 0 Å². The highest BCUT2D eigenvalue weighted by Gasteiger charge is 2.25. The van der Waals surface area contributed by atoms with E-state index in [1.54, 1.807) is 6.20 Å². The summed E-state index contributed by atoms with van der Waals surface area (Å²) in [5, 5.41) is 0. The SMILES string of the molecule is Cc1ccc(-c2cccc(C(=O)N3CCC[C@H](Cn4ccnc4)C3)c2)c(N)n1. The molecule has 1 aromatic carbocycles. The van der Waals surface area contributed by atoms with E-state index in [2.05, 4.69) is 14.5 Å². The number of likely N-dealkylation sites (tertiary alicyclic amines) is 1. The summed E-state index contributed by atoms with van der Waals surface area (Å²) >= 11 is 0. The minimum atomic E-state index is 0.0795. The van der Waals surface area contributed by atoms with Crippen LogP contribution in [-0.2, 0) is 6.54 Å². The Bertz CT molecular complexity index is 967.